The minimum absolute atomic E-state index is 0.162. The highest BCUT2D eigenvalue weighted by Crippen LogP contribution is 2.26. The second kappa shape index (κ2) is 7.42. The van der Waals surface area contributed by atoms with Crippen molar-refractivity contribution in [2.24, 2.45) is 12.8 Å². The summed E-state index contributed by atoms with van der Waals surface area (Å²) in [6.07, 6.45) is 3.91. The molecule has 27 heavy (non-hydrogen) atoms. The highest BCUT2D eigenvalue weighted by molar-refractivity contribution is 5.91. The van der Waals surface area contributed by atoms with Crippen molar-refractivity contribution < 1.29 is 5.11 Å². The van der Waals surface area contributed by atoms with Crippen molar-refractivity contribution in [2.45, 2.75) is 25.9 Å². The van der Waals surface area contributed by atoms with Crippen molar-refractivity contribution in [1.82, 2.24) is 19.5 Å². The van der Waals surface area contributed by atoms with Crippen LogP contribution in [0.4, 0.5) is 5.82 Å². The van der Waals surface area contributed by atoms with Gasteiger partial charge in [-0.15, -0.1) is 0 Å². The zero-order chi connectivity index (χ0) is 19.6. The van der Waals surface area contributed by atoms with Crippen LogP contribution >= 0.6 is 0 Å². The van der Waals surface area contributed by atoms with Gasteiger partial charge in [-0.25, -0.2) is 9.97 Å². The zero-order valence-corrected chi connectivity index (χ0v) is 15.7. The number of aliphatic hydroxyl groups is 1. The molecule has 0 aromatic carbocycles. The normalized spacial score (nSPS) is 11.7. The van der Waals surface area contributed by atoms with Gasteiger partial charge in [-0.3, -0.25) is 9.78 Å². The van der Waals surface area contributed by atoms with Crippen LogP contribution in [0.1, 0.15) is 26.0 Å². The van der Waals surface area contributed by atoms with Gasteiger partial charge < -0.3 is 20.7 Å². The molecule has 0 aliphatic rings. The van der Waals surface area contributed by atoms with Crippen molar-refractivity contribution in [1.29, 1.82) is 0 Å². The van der Waals surface area contributed by atoms with Crippen LogP contribution in [-0.4, -0.2) is 37.7 Å². The summed E-state index contributed by atoms with van der Waals surface area (Å²) in [7, 11) is 1.66. The fraction of sp³-hybridized carbons (Fsp3) is 0.368. The summed E-state index contributed by atoms with van der Waals surface area (Å²) in [6, 6.07) is 5.38. The van der Waals surface area contributed by atoms with Gasteiger partial charge in [0, 0.05) is 25.4 Å². The first kappa shape index (κ1) is 18.9. The molecule has 0 bridgehead atoms. The first-order valence-electron chi connectivity index (χ1n) is 8.81. The number of nitrogens with zero attached hydrogens (tertiary/aromatic N) is 4. The van der Waals surface area contributed by atoms with E-state index in [0.29, 0.717) is 41.2 Å². The lowest BCUT2D eigenvalue weighted by Gasteiger charge is -2.16. The summed E-state index contributed by atoms with van der Waals surface area (Å²) < 4.78 is 1.43. The molecule has 8 nitrogen and oxygen atoms in total. The number of rotatable bonds is 6. The van der Waals surface area contributed by atoms with Gasteiger partial charge >= 0.3 is 0 Å². The Bertz CT molecular complexity index is 1010. The number of hydrogen-bond acceptors (Lipinski definition) is 7. The lowest BCUT2D eigenvalue weighted by molar-refractivity contribution is 0.0739. The van der Waals surface area contributed by atoms with Gasteiger partial charge in [-0.05, 0) is 45.0 Å². The number of aryl methyl sites for hydroxylation is 1. The third kappa shape index (κ3) is 3.96. The van der Waals surface area contributed by atoms with Crippen LogP contribution in [0.25, 0.3) is 22.2 Å². The van der Waals surface area contributed by atoms with Gasteiger partial charge in [0.25, 0.3) is 5.56 Å². The third-order valence-electron chi connectivity index (χ3n) is 4.26. The molecule has 0 fully saturated rings. The van der Waals surface area contributed by atoms with E-state index in [1.165, 1.54) is 10.9 Å². The second-order valence-electron chi connectivity index (χ2n) is 6.97. The summed E-state index contributed by atoms with van der Waals surface area (Å²) in [5, 5.41) is 13.7. The number of hydrogen-bond donors (Lipinski definition) is 3. The summed E-state index contributed by atoms with van der Waals surface area (Å²) in [5.74, 6) is 0.483. The fourth-order valence-electron chi connectivity index (χ4n) is 2.71. The van der Waals surface area contributed by atoms with Gasteiger partial charge in [-0.2, -0.15) is 0 Å². The quantitative estimate of drug-likeness (QED) is 0.562. The Hall–Kier alpha value is -2.84. The van der Waals surface area contributed by atoms with Crippen LogP contribution in [0.2, 0.25) is 0 Å². The van der Waals surface area contributed by atoms with E-state index >= 15 is 0 Å². The molecule has 0 saturated carbocycles. The first-order valence-corrected chi connectivity index (χ1v) is 8.81. The van der Waals surface area contributed by atoms with E-state index in [4.69, 9.17) is 5.73 Å². The van der Waals surface area contributed by atoms with Crippen molar-refractivity contribution in [3.63, 3.8) is 0 Å². The van der Waals surface area contributed by atoms with E-state index in [0.717, 1.165) is 12.0 Å². The third-order valence-corrected chi connectivity index (χ3v) is 4.26. The minimum Gasteiger partial charge on any atom is -0.384 e. The maximum atomic E-state index is 12.6. The Labute approximate surface area is 157 Å². The Morgan fingerprint density at radius 2 is 2.07 bits per heavy atom. The van der Waals surface area contributed by atoms with Crippen LogP contribution in [0.3, 0.4) is 0 Å². The van der Waals surface area contributed by atoms with E-state index < -0.39 is 5.60 Å². The average molecular weight is 368 g/mol. The Balaban J connectivity index is 2.11. The molecule has 3 heterocycles. The van der Waals surface area contributed by atoms with Crippen molar-refractivity contribution >= 4 is 16.7 Å². The lowest BCUT2D eigenvalue weighted by Crippen LogP contribution is -2.20. The Morgan fingerprint density at radius 1 is 1.30 bits per heavy atom. The molecule has 3 aromatic heterocycles. The molecule has 0 saturated heterocycles. The van der Waals surface area contributed by atoms with Crippen LogP contribution in [0, 0.1) is 0 Å². The number of nitrogens with two attached hydrogens (primary N) is 1. The summed E-state index contributed by atoms with van der Waals surface area (Å²) >= 11 is 0. The number of nitrogens with one attached hydrogen (secondary N) is 1. The standard InChI is InChI=1S/C19H24N6O2/c1-19(2,27)15-6-5-12(10-22-15)13-9-14-16(18(26)25(3)11-23-14)17(24-13)21-8-4-7-20/h5-6,9-11,27H,4,7-8,20H2,1-3H3,(H,21,24). The van der Waals surface area contributed by atoms with Crippen LogP contribution < -0.4 is 16.6 Å². The SMILES string of the molecule is Cn1cnc2cc(-c3ccc(C(C)(C)O)nc3)nc(NCCCN)c2c1=O. The van der Waals surface area contributed by atoms with Gasteiger partial charge in [0.2, 0.25) is 0 Å². The van der Waals surface area contributed by atoms with Gasteiger partial charge in [0.15, 0.2) is 0 Å². The van der Waals surface area contributed by atoms with Crippen molar-refractivity contribution in [3.8, 4) is 11.3 Å². The fourth-order valence-corrected chi connectivity index (χ4v) is 2.71. The van der Waals surface area contributed by atoms with Crippen LogP contribution in [-0.2, 0) is 12.6 Å². The smallest absolute Gasteiger partial charge is 0.264 e. The van der Waals surface area contributed by atoms with E-state index in [9.17, 15) is 9.90 Å². The van der Waals surface area contributed by atoms with Gasteiger partial charge in [0.05, 0.1) is 23.2 Å². The monoisotopic (exact) mass is 368 g/mol. The van der Waals surface area contributed by atoms with Crippen LogP contribution in [0.5, 0.6) is 0 Å². The highest BCUT2D eigenvalue weighted by atomic mass is 16.3. The second-order valence-corrected chi connectivity index (χ2v) is 6.97. The van der Waals surface area contributed by atoms with Crippen molar-refractivity contribution in [3.05, 3.63) is 46.8 Å². The molecule has 142 valence electrons. The van der Waals surface area contributed by atoms with E-state index in [-0.39, 0.29) is 5.56 Å². The molecular weight excluding hydrogens is 344 g/mol. The molecule has 0 unspecified atom stereocenters. The molecule has 0 amide bonds. The number of aromatic nitrogens is 4. The Morgan fingerprint density at radius 3 is 2.70 bits per heavy atom. The van der Waals surface area contributed by atoms with E-state index in [1.54, 1.807) is 39.2 Å². The molecule has 3 rings (SSSR count). The number of anilines is 1. The maximum Gasteiger partial charge on any atom is 0.264 e. The van der Waals surface area contributed by atoms with Crippen molar-refractivity contribution in [2.75, 3.05) is 18.4 Å². The molecular formula is C19H24N6O2. The largest absolute Gasteiger partial charge is 0.384 e. The van der Waals surface area contributed by atoms with Crippen LogP contribution in [0.15, 0.2) is 35.5 Å². The van der Waals surface area contributed by atoms with Gasteiger partial charge in [0.1, 0.15) is 16.8 Å². The van der Waals surface area contributed by atoms with E-state index in [1.807, 2.05) is 6.07 Å². The number of fused-ring (bicyclic) bond motifs is 1. The van der Waals surface area contributed by atoms with Gasteiger partial charge in [-0.1, -0.05) is 0 Å². The molecule has 0 atom stereocenters. The summed E-state index contributed by atoms with van der Waals surface area (Å²) in [4.78, 5) is 25.9. The predicted molar refractivity (Wildman–Crippen MR) is 105 cm³/mol. The molecule has 0 radical (unpaired) electrons. The number of pyridine rings is 2. The lowest BCUT2D eigenvalue weighted by atomic mass is 10.0. The highest BCUT2D eigenvalue weighted by Gasteiger charge is 2.18. The molecule has 4 N–H and O–H groups in total. The minimum atomic E-state index is -1.02. The van der Waals surface area contributed by atoms with E-state index in [2.05, 4.69) is 20.3 Å². The summed E-state index contributed by atoms with van der Waals surface area (Å²) in [6.45, 7) is 4.52. The molecule has 0 aliphatic carbocycles. The topological polar surface area (TPSA) is 119 Å². The molecule has 0 aliphatic heterocycles. The Kier molecular flexibility index (Phi) is 5.20. The molecule has 8 heteroatoms. The predicted octanol–water partition coefficient (Wildman–Crippen LogP) is 1.38. The molecule has 0 spiro atoms. The zero-order valence-electron chi connectivity index (χ0n) is 15.7. The maximum absolute atomic E-state index is 12.6. The average Bonchev–Trinajstić information content (AvgIpc) is 2.64. The summed E-state index contributed by atoms with van der Waals surface area (Å²) in [5.41, 5.74) is 6.93. The molecule has 3 aromatic rings. The first-order chi connectivity index (χ1) is 12.8.